The fourth-order valence-electron chi connectivity index (χ4n) is 4.17. The highest BCUT2D eigenvalue weighted by atomic mass is 79.9. The second kappa shape index (κ2) is 7.93. The van der Waals surface area contributed by atoms with Crippen LogP contribution in [0.2, 0.25) is 0 Å². The molecule has 1 amide bonds. The van der Waals surface area contributed by atoms with Crippen LogP contribution in [0.25, 0.3) is 0 Å². The highest BCUT2D eigenvalue weighted by molar-refractivity contribution is 9.10. The van der Waals surface area contributed by atoms with Crippen LogP contribution in [-0.2, 0) is 6.54 Å². The van der Waals surface area contributed by atoms with Gasteiger partial charge in [-0.05, 0) is 67.6 Å². The zero-order valence-electron chi connectivity index (χ0n) is 15.0. The first-order valence-corrected chi connectivity index (χ1v) is 10.4. The van der Waals surface area contributed by atoms with E-state index in [1.54, 1.807) is 0 Å². The fourth-order valence-corrected chi connectivity index (χ4v) is 4.43. The number of rotatable bonds is 4. The van der Waals surface area contributed by atoms with Crippen LogP contribution in [0.5, 0.6) is 0 Å². The van der Waals surface area contributed by atoms with E-state index in [0.29, 0.717) is 6.04 Å². The minimum absolute atomic E-state index is 0.183. The van der Waals surface area contributed by atoms with Crippen molar-refractivity contribution in [1.82, 2.24) is 9.80 Å². The third kappa shape index (κ3) is 3.86. The van der Waals surface area contributed by atoms with Crippen LogP contribution < -0.4 is 0 Å². The van der Waals surface area contributed by atoms with Crippen molar-refractivity contribution in [3.63, 3.8) is 0 Å². The van der Waals surface area contributed by atoms with Crippen molar-refractivity contribution < 1.29 is 4.79 Å². The number of hydrogen-bond acceptors (Lipinski definition) is 2. The van der Waals surface area contributed by atoms with Crippen molar-refractivity contribution in [2.45, 2.75) is 38.3 Å². The monoisotopic (exact) mass is 412 g/mol. The van der Waals surface area contributed by atoms with Crippen molar-refractivity contribution in [3.8, 4) is 0 Å². The summed E-state index contributed by atoms with van der Waals surface area (Å²) in [6.07, 6.45) is 4.73. The fraction of sp³-hybridized carbons (Fsp3) is 0.409. The van der Waals surface area contributed by atoms with Gasteiger partial charge in [-0.1, -0.05) is 40.2 Å². The highest BCUT2D eigenvalue weighted by Crippen LogP contribution is 2.33. The summed E-state index contributed by atoms with van der Waals surface area (Å²) in [7, 11) is 0. The van der Waals surface area contributed by atoms with Crippen molar-refractivity contribution >= 4 is 21.8 Å². The molecule has 2 aliphatic rings. The van der Waals surface area contributed by atoms with E-state index in [4.69, 9.17) is 0 Å². The third-order valence-corrected chi connectivity index (χ3v) is 6.13. The Labute approximate surface area is 164 Å². The van der Waals surface area contributed by atoms with Gasteiger partial charge in [0.1, 0.15) is 0 Å². The van der Waals surface area contributed by atoms with Gasteiger partial charge in [-0.15, -0.1) is 0 Å². The average Bonchev–Trinajstić information content (AvgIpc) is 3.35. The van der Waals surface area contributed by atoms with Gasteiger partial charge in [0.25, 0.3) is 5.91 Å². The van der Waals surface area contributed by atoms with Gasteiger partial charge >= 0.3 is 0 Å². The minimum Gasteiger partial charge on any atom is -0.339 e. The van der Waals surface area contributed by atoms with Crippen molar-refractivity contribution in [2.24, 2.45) is 0 Å². The number of benzene rings is 2. The third-order valence-electron chi connectivity index (χ3n) is 5.60. The zero-order chi connectivity index (χ0) is 17.9. The molecule has 0 spiro atoms. The summed E-state index contributed by atoms with van der Waals surface area (Å²) < 4.78 is 1.13. The number of carbonyl (C=O) groups excluding carboxylic acids is 1. The molecule has 2 aliphatic heterocycles. The van der Waals surface area contributed by atoms with Crippen LogP contribution >= 0.6 is 15.9 Å². The molecule has 3 nitrogen and oxygen atoms in total. The van der Waals surface area contributed by atoms with E-state index in [2.05, 4.69) is 57.2 Å². The van der Waals surface area contributed by atoms with E-state index in [9.17, 15) is 4.79 Å². The van der Waals surface area contributed by atoms with Crippen LogP contribution in [0.4, 0.5) is 0 Å². The molecular formula is C22H25BrN2O. The van der Waals surface area contributed by atoms with E-state index >= 15 is 0 Å². The molecule has 0 aromatic heterocycles. The standard InChI is InChI=1S/C22H25BrN2O/c23-20-11-9-18(10-12-20)21-4-3-15-25(21)16-17-5-7-19(8-6-17)22(26)24-13-1-2-14-24/h5-12,21H,1-4,13-16H2. The molecule has 1 atom stereocenters. The summed E-state index contributed by atoms with van der Waals surface area (Å²) in [5.41, 5.74) is 3.50. The summed E-state index contributed by atoms with van der Waals surface area (Å²) in [4.78, 5) is 17.0. The van der Waals surface area contributed by atoms with Crippen LogP contribution in [0.1, 0.15) is 53.2 Å². The molecule has 2 aromatic carbocycles. The van der Waals surface area contributed by atoms with E-state index < -0.39 is 0 Å². The predicted octanol–water partition coefficient (Wildman–Crippen LogP) is 5.02. The Hall–Kier alpha value is -1.65. The quantitative estimate of drug-likeness (QED) is 0.703. The number of hydrogen-bond donors (Lipinski definition) is 0. The number of likely N-dealkylation sites (tertiary alicyclic amines) is 2. The molecular weight excluding hydrogens is 388 g/mol. The molecule has 0 radical (unpaired) electrons. The van der Waals surface area contributed by atoms with Crippen LogP contribution in [0.15, 0.2) is 53.0 Å². The normalized spacial score (nSPS) is 20.7. The lowest BCUT2D eigenvalue weighted by molar-refractivity contribution is 0.0793. The highest BCUT2D eigenvalue weighted by Gasteiger charge is 2.26. The number of carbonyl (C=O) groups is 1. The van der Waals surface area contributed by atoms with Gasteiger partial charge in [-0.3, -0.25) is 9.69 Å². The van der Waals surface area contributed by atoms with Gasteiger partial charge in [-0.2, -0.15) is 0 Å². The molecule has 2 saturated heterocycles. The molecule has 0 aliphatic carbocycles. The second-order valence-corrected chi connectivity index (χ2v) is 8.29. The maximum absolute atomic E-state index is 12.5. The van der Waals surface area contributed by atoms with Crippen molar-refractivity contribution in [1.29, 1.82) is 0 Å². The summed E-state index contributed by atoms with van der Waals surface area (Å²) in [6.45, 7) is 3.89. The lowest BCUT2D eigenvalue weighted by Crippen LogP contribution is -2.27. The van der Waals surface area contributed by atoms with Gasteiger partial charge in [0, 0.05) is 35.7 Å². The smallest absolute Gasteiger partial charge is 0.253 e. The summed E-state index contributed by atoms with van der Waals surface area (Å²) in [5, 5.41) is 0. The topological polar surface area (TPSA) is 23.6 Å². The Kier molecular flexibility index (Phi) is 5.41. The average molecular weight is 413 g/mol. The summed E-state index contributed by atoms with van der Waals surface area (Å²) in [5.74, 6) is 0.183. The van der Waals surface area contributed by atoms with Gasteiger partial charge in [0.05, 0.1) is 0 Å². The summed E-state index contributed by atoms with van der Waals surface area (Å²) >= 11 is 3.52. The molecule has 0 saturated carbocycles. The van der Waals surface area contributed by atoms with E-state index in [-0.39, 0.29) is 5.91 Å². The molecule has 4 rings (SSSR count). The molecule has 1 unspecified atom stereocenters. The van der Waals surface area contributed by atoms with Gasteiger partial charge < -0.3 is 4.90 Å². The molecule has 136 valence electrons. The Balaban J connectivity index is 1.43. The van der Waals surface area contributed by atoms with Crippen molar-refractivity contribution in [2.75, 3.05) is 19.6 Å². The molecule has 26 heavy (non-hydrogen) atoms. The molecule has 0 bridgehead atoms. The molecule has 4 heteroatoms. The Morgan fingerprint density at radius 1 is 0.923 bits per heavy atom. The Morgan fingerprint density at radius 2 is 1.62 bits per heavy atom. The molecule has 2 heterocycles. The van der Waals surface area contributed by atoms with Gasteiger partial charge in [-0.25, -0.2) is 0 Å². The first kappa shape index (κ1) is 17.7. The van der Waals surface area contributed by atoms with Gasteiger partial charge in [0.2, 0.25) is 0 Å². The SMILES string of the molecule is O=C(c1ccc(CN2CCCC2c2ccc(Br)cc2)cc1)N1CCCC1. The maximum Gasteiger partial charge on any atom is 0.253 e. The van der Waals surface area contributed by atoms with Crippen LogP contribution in [-0.4, -0.2) is 35.3 Å². The van der Waals surface area contributed by atoms with Gasteiger partial charge in [0.15, 0.2) is 0 Å². The zero-order valence-corrected chi connectivity index (χ0v) is 16.6. The number of amides is 1. The Morgan fingerprint density at radius 3 is 2.31 bits per heavy atom. The van der Waals surface area contributed by atoms with Crippen LogP contribution in [0.3, 0.4) is 0 Å². The minimum atomic E-state index is 0.183. The lowest BCUT2D eigenvalue weighted by Gasteiger charge is -2.25. The van der Waals surface area contributed by atoms with Crippen LogP contribution in [0, 0.1) is 0 Å². The number of halogens is 1. The predicted molar refractivity (Wildman–Crippen MR) is 108 cm³/mol. The maximum atomic E-state index is 12.5. The largest absolute Gasteiger partial charge is 0.339 e. The molecule has 2 aromatic rings. The van der Waals surface area contributed by atoms with E-state index in [0.717, 1.165) is 49.1 Å². The first-order valence-electron chi connectivity index (χ1n) is 9.58. The molecule has 0 N–H and O–H groups in total. The first-order chi connectivity index (χ1) is 12.7. The summed E-state index contributed by atoms with van der Waals surface area (Å²) in [6, 6.07) is 17.5. The van der Waals surface area contributed by atoms with E-state index in [1.807, 2.05) is 17.0 Å². The Bertz CT molecular complexity index is 751. The lowest BCUT2D eigenvalue weighted by atomic mass is 10.0. The second-order valence-electron chi connectivity index (χ2n) is 7.38. The van der Waals surface area contributed by atoms with E-state index in [1.165, 1.54) is 24.0 Å². The number of nitrogens with zero attached hydrogens (tertiary/aromatic N) is 2. The molecule has 2 fully saturated rings. The van der Waals surface area contributed by atoms with Crippen molar-refractivity contribution in [3.05, 3.63) is 69.7 Å².